The van der Waals surface area contributed by atoms with E-state index in [1.54, 1.807) is 0 Å². The van der Waals surface area contributed by atoms with E-state index in [-0.39, 0.29) is 0 Å². The van der Waals surface area contributed by atoms with Crippen LogP contribution in [-0.2, 0) is 9.84 Å². The average Bonchev–Trinajstić information content (AvgIpc) is 2.33. The van der Waals surface area contributed by atoms with Gasteiger partial charge in [-0.1, -0.05) is 19.3 Å². The van der Waals surface area contributed by atoms with Gasteiger partial charge in [-0.25, -0.2) is 8.42 Å². The maximum atomic E-state index is 11.4. The lowest BCUT2D eigenvalue weighted by molar-refractivity contribution is 0.258. The fourth-order valence-electron chi connectivity index (χ4n) is 3.20. The first-order valence-corrected chi connectivity index (χ1v) is 8.85. The van der Waals surface area contributed by atoms with E-state index in [0.717, 1.165) is 18.8 Å². The Balaban J connectivity index is 1.77. The van der Waals surface area contributed by atoms with Gasteiger partial charge in [-0.3, -0.25) is 0 Å². The molecule has 0 aromatic heterocycles. The predicted octanol–water partition coefficient (Wildman–Crippen LogP) is 2.12. The number of rotatable bonds is 3. The molecule has 0 aromatic rings. The zero-order chi connectivity index (χ0) is 12.3. The van der Waals surface area contributed by atoms with E-state index < -0.39 is 9.84 Å². The van der Waals surface area contributed by atoms with E-state index in [1.165, 1.54) is 32.1 Å². The highest BCUT2D eigenvalue weighted by Gasteiger charge is 2.27. The lowest BCUT2D eigenvalue weighted by Gasteiger charge is -2.33. The van der Waals surface area contributed by atoms with Gasteiger partial charge in [0.1, 0.15) is 9.84 Å². The highest BCUT2D eigenvalue weighted by molar-refractivity contribution is 7.91. The minimum atomic E-state index is -2.72. The Morgan fingerprint density at radius 3 is 2.18 bits per heavy atom. The monoisotopic (exact) mass is 259 g/mol. The van der Waals surface area contributed by atoms with E-state index in [9.17, 15) is 8.42 Å². The van der Waals surface area contributed by atoms with Crippen molar-refractivity contribution in [2.75, 3.05) is 11.5 Å². The van der Waals surface area contributed by atoms with Gasteiger partial charge in [0.15, 0.2) is 0 Å². The Morgan fingerprint density at radius 2 is 1.59 bits per heavy atom. The van der Waals surface area contributed by atoms with E-state index in [2.05, 4.69) is 12.2 Å². The zero-order valence-electron chi connectivity index (χ0n) is 10.8. The molecule has 1 aliphatic carbocycles. The molecule has 0 aromatic carbocycles. The summed E-state index contributed by atoms with van der Waals surface area (Å²) in [6.45, 7) is 2.28. The molecular formula is C13H25NO2S. The molecule has 0 amide bonds. The van der Waals surface area contributed by atoms with Crippen molar-refractivity contribution < 1.29 is 8.42 Å². The van der Waals surface area contributed by atoms with Crippen LogP contribution < -0.4 is 5.32 Å². The van der Waals surface area contributed by atoms with Crippen molar-refractivity contribution in [3.63, 3.8) is 0 Å². The van der Waals surface area contributed by atoms with Gasteiger partial charge in [-0.05, 0) is 38.5 Å². The highest BCUT2D eigenvalue weighted by atomic mass is 32.2. The summed E-state index contributed by atoms with van der Waals surface area (Å²) in [6, 6.07) is 0.983. The molecule has 0 radical (unpaired) electrons. The first kappa shape index (κ1) is 13.3. The third kappa shape index (κ3) is 3.95. The predicted molar refractivity (Wildman–Crippen MR) is 70.8 cm³/mol. The summed E-state index contributed by atoms with van der Waals surface area (Å²) < 4.78 is 22.7. The molecule has 2 rings (SSSR count). The van der Waals surface area contributed by atoms with Crippen LogP contribution >= 0.6 is 0 Å². The van der Waals surface area contributed by atoms with E-state index in [0.29, 0.717) is 23.6 Å². The molecule has 0 bridgehead atoms. The van der Waals surface area contributed by atoms with Crippen molar-refractivity contribution in [2.24, 2.45) is 5.92 Å². The van der Waals surface area contributed by atoms with Gasteiger partial charge in [-0.2, -0.15) is 0 Å². The van der Waals surface area contributed by atoms with Gasteiger partial charge < -0.3 is 5.32 Å². The first-order chi connectivity index (χ1) is 8.07. The Hall–Kier alpha value is -0.0900. The van der Waals surface area contributed by atoms with Gasteiger partial charge in [0.25, 0.3) is 0 Å². The summed E-state index contributed by atoms with van der Waals surface area (Å²) in [5.74, 6) is 1.56. The molecule has 1 saturated carbocycles. The summed E-state index contributed by atoms with van der Waals surface area (Å²) in [6.07, 6.45) is 8.44. The Labute approximate surface area is 105 Å². The van der Waals surface area contributed by atoms with Crippen LogP contribution in [0, 0.1) is 5.92 Å². The number of hydrogen-bond donors (Lipinski definition) is 1. The lowest BCUT2D eigenvalue weighted by atomic mass is 9.84. The largest absolute Gasteiger partial charge is 0.311 e. The van der Waals surface area contributed by atoms with Crippen LogP contribution in [0.25, 0.3) is 0 Å². The Bertz CT molecular complexity index is 319. The van der Waals surface area contributed by atoms with Crippen LogP contribution in [0.1, 0.15) is 51.9 Å². The number of hydrogen-bond acceptors (Lipinski definition) is 3. The molecular weight excluding hydrogens is 234 g/mol. The average molecular weight is 259 g/mol. The van der Waals surface area contributed by atoms with Gasteiger partial charge in [0.05, 0.1) is 11.5 Å². The zero-order valence-corrected chi connectivity index (χ0v) is 11.6. The van der Waals surface area contributed by atoms with E-state index in [1.807, 2.05) is 0 Å². The molecule has 0 spiro atoms. The van der Waals surface area contributed by atoms with Crippen molar-refractivity contribution in [1.29, 1.82) is 0 Å². The summed E-state index contributed by atoms with van der Waals surface area (Å²) in [7, 11) is -2.72. The second-order valence-corrected chi connectivity index (χ2v) is 8.08. The van der Waals surface area contributed by atoms with Gasteiger partial charge >= 0.3 is 0 Å². The normalized spacial score (nSPS) is 29.0. The van der Waals surface area contributed by atoms with E-state index >= 15 is 0 Å². The van der Waals surface area contributed by atoms with Crippen LogP contribution in [-0.4, -0.2) is 32.0 Å². The topological polar surface area (TPSA) is 46.2 Å². The van der Waals surface area contributed by atoms with Crippen molar-refractivity contribution in [1.82, 2.24) is 5.32 Å². The maximum Gasteiger partial charge on any atom is 0.150 e. The van der Waals surface area contributed by atoms with Gasteiger partial charge in [0, 0.05) is 12.1 Å². The SMILES string of the molecule is CC(NC1CCS(=O)(=O)CC1)C1CCCCC1. The fraction of sp³-hybridized carbons (Fsp3) is 1.00. The minimum Gasteiger partial charge on any atom is -0.311 e. The van der Waals surface area contributed by atoms with Crippen molar-refractivity contribution in [3.05, 3.63) is 0 Å². The van der Waals surface area contributed by atoms with Gasteiger partial charge in [-0.15, -0.1) is 0 Å². The third-order valence-corrected chi connectivity index (χ3v) is 6.13. The van der Waals surface area contributed by atoms with Crippen LogP contribution in [0.15, 0.2) is 0 Å². The molecule has 3 nitrogen and oxygen atoms in total. The summed E-state index contributed by atoms with van der Waals surface area (Å²) >= 11 is 0. The van der Waals surface area contributed by atoms with Gasteiger partial charge in [0.2, 0.25) is 0 Å². The first-order valence-electron chi connectivity index (χ1n) is 7.03. The molecule has 1 atom stereocenters. The molecule has 4 heteroatoms. The molecule has 1 heterocycles. The maximum absolute atomic E-state index is 11.4. The van der Waals surface area contributed by atoms with Crippen molar-refractivity contribution >= 4 is 9.84 Å². The van der Waals surface area contributed by atoms with Crippen LogP contribution in [0.5, 0.6) is 0 Å². The quantitative estimate of drug-likeness (QED) is 0.844. The van der Waals surface area contributed by atoms with Crippen molar-refractivity contribution in [3.8, 4) is 0 Å². The smallest absolute Gasteiger partial charge is 0.150 e. The molecule has 17 heavy (non-hydrogen) atoms. The second-order valence-electron chi connectivity index (χ2n) is 5.78. The summed E-state index contributed by atoms with van der Waals surface area (Å²) in [5, 5.41) is 3.66. The van der Waals surface area contributed by atoms with Crippen LogP contribution in [0.2, 0.25) is 0 Å². The Morgan fingerprint density at radius 1 is 1.00 bits per heavy atom. The molecule has 1 N–H and O–H groups in total. The second kappa shape index (κ2) is 5.70. The van der Waals surface area contributed by atoms with Crippen LogP contribution in [0.4, 0.5) is 0 Å². The number of sulfone groups is 1. The standard InChI is InChI=1S/C13H25NO2S/c1-11(12-5-3-2-4-6-12)14-13-7-9-17(15,16)10-8-13/h11-14H,2-10H2,1H3. The number of nitrogens with one attached hydrogen (secondary N) is 1. The van der Waals surface area contributed by atoms with Crippen LogP contribution in [0.3, 0.4) is 0 Å². The fourth-order valence-corrected chi connectivity index (χ4v) is 4.69. The van der Waals surface area contributed by atoms with Crippen molar-refractivity contribution in [2.45, 2.75) is 64.0 Å². The molecule has 2 aliphatic rings. The molecule has 1 aliphatic heterocycles. The summed E-state index contributed by atoms with van der Waals surface area (Å²) in [4.78, 5) is 0. The molecule has 100 valence electrons. The third-order valence-electron chi connectivity index (χ3n) is 4.41. The summed E-state index contributed by atoms with van der Waals surface area (Å²) in [5.41, 5.74) is 0. The minimum absolute atomic E-state index is 0.377. The Kier molecular flexibility index (Phi) is 4.47. The molecule has 2 fully saturated rings. The molecule has 1 saturated heterocycles. The molecule has 1 unspecified atom stereocenters. The highest BCUT2D eigenvalue weighted by Crippen LogP contribution is 2.27. The lowest BCUT2D eigenvalue weighted by Crippen LogP contribution is -2.45. The van der Waals surface area contributed by atoms with E-state index in [4.69, 9.17) is 0 Å².